The van der Waals surface area contributed by atoms with E-state index in [0.717, 1.165) is 11.1 Å². The number of amides is 1. The third-order valence-electron chi connectivity index (χ3n) is 9.17. The fourth-order valence-electron chi connectivity index (χ4n) is 7.34. The van der Waals surface area contributed by atoms with Crippen LogP contribution in [0.5, 0.6) is 17.2 Å². The van der Waals surface area contributed by atoms with Crippen LogP contribution in [0.15, 0.2) is 97.2 Å². The number of rotatable bonds is 7. The Balaban J connectivity index is 1.54. The molecule has 8 nitrogen and oxygen atoms in total. The van der Waals surface area contributed by atoms with Crippen molar-refractivity contribution >= 4 is 29.2 Å². The lowest BCUT2D eigenvalue weighted by Crippen LogP contribution is -2.49. The zero-order valence-electron chi connectivity index (χ0n) is 24.4. The normalized spacial score (nSPS) is 22.6. The van der Waals surface area contributed by atoms with E-state index >= 15 is 4.79 Å². The van der Waals surface area contributed by atoms with Gasteiger partial charge in [0.2, 0.25) is 5.91 Å². The minimum atomic E-state index is -1.45. The fraction of sp³-hybridized carbons (Fsp3) is 0.194. The first kappa shape index (κ1) is 27.5. The quantitative estimate of drug-likeness (QED) is 0.278. The lowest BCUT2D eigenvalue weighted by molar-refractivity contribution is -0.122. The SMILES string of the molecule is COc1ccc(C(=O)[C@@H]2[C@H](C(=O)c3ccccc3OC)[C@@]3(C(=O)Nc4ccccc43)[C@@H]3c4ccccc4C=CN23)c(OC)c1. The van der Waals surface area contributed by atoms with Crippen molar-refractivity contribution in [3.63, 3.8) is 0 Å². The van der Waals surface area contributed by atoms with E-state index in [2.05, 4.69) is 5.32 Å². The maximum atomic E-state index is 15.1. The molecule has 0 radical (unpaired) electrons. The molecule has 3 aliphatic rings. The topological polar surface area (TPSA) is 94.2 Å². The maximum Gasteiger partial charge on any atom is 0.238 e. The number of para-hydroxylation sites is 2. The van der Waals surface area contributed by atoms with Crippen molar-refractivity contribution in [2.45, 2.75) is 17.5 Å². The highest BCUT2D eigenvalue weighted by atomic mass is 16.5. The number of carbonyl (C=O) groups is 3. The molecule has 1 fully saturated rings. The van der Waals surface area contributed by atoms with Crippen LogP contribution in [-0.4, -0.2) is 49.7 Å². The molecule has 4 atom stereocenters. The van der Waals surface area contributed by atoms with Gasteiger partial charge in [-0.2, -0.15) is 0 Å². The summed E-state index contributed by atoms with van der Waals surface area (Å²) in [6, 6.07) is 25.4. The monoisotopic (exact) mass is 586 g/mol. The minimum Gasteiger partial charge on any atom is -0.497 e. The number of benzene rings is 4. The van der Waals surface area contributed by atoms with Crippen LogP contribution in [0.4, 0.5) is 5.69 Å². The molecule has 4 aromatic carbocycles. The minimum absolute atomic E-state index is 0.283. The molecule has 7 rings (SSSR count). The van der Waals surface area contributed by atoms with Gasteiger partial charge in [0.25, 0.3) is 0 Å². The van der Waals surface area contributed by atoms with Crippen LogP contribution < -0.4 is 19.5 Å². The molecule has 0 bridgehead atoms. The summed E-state index contributed by atoms with van der Waals surface area (Å²) in [6.45, 7) is 0. The van der Waals surface area contributed by atoms with Crippen molar-refractivity contribution in [1.29, 1.82) is 0 Å². The third kappa shape index (κ3) is 3.73. The Kier molecular flexibility index (Phi) is 6.50. The lowest BCUT2D eigenvalue weighted by Gasteiger charge is -2.38. The summed E-state index contributed by atoms with van der Waals surface area (Å²) >= 11 is 0. The molecule has 0 aromatic heterocycles. The molecule has 1 N–H and O–H groups in total. The summed E-state index contributed by atoms with van der Waals surface area (Å²) < 4.78 is 16.7. The molecule has 1 amide bonds. The van der Waals surface area contributed by atoms with Crippen LogP contribution in [0, 0.1) is 5.92 Å². The van der Waals surface area contributed by atoms with Gasteiger partial charge < -0.3 is 24.4 Å². The van der Waals surface area contributed by atoms with Gasteiger partial charge in [0.05, 0.1) is 44.4 Å². The second-order valence-electron chi connectivity index (χ2n) is 11.1. The average molecular weight is 587 g/mol. The van der Waals surface area contributed by atoms with Crippen LogP contribution in [0.3, 0.4) is 0 Å². The third-order valence-corrected chi connectivity index (χ3v) is 9.17. The summed E-state index contributed by atoms with van der Waals surface area (Å²) in [4.78, 5) is 46.6. The van der Waals surface area contributed by atoms with Gasteiger partial charge in [-0.25, -0.2) is 0 Å². The molecule has 4 aromatic rings. The van der Waals surface area contributed by atoms with Gasteiger partial charge in [-0.05, 0) is 53.1 Å². The number of hydrogen-bond donors (Lipinski definition) is 1. The molecule has 1 saturated heterocycles. The van der Waals surface area contributed by atoms with Crippen molar-refractivity contribution in [3.8, 4) is 17.2 Å². The zero-order valence-corrected chi connectivity index (χ0v) is 24.4. The van der Waals surface area contributed by atoms with Crippen LogP contribution in [-0.2, 0) is 10.2 Å². The Morgan fingerprint density at radius 3 is 2.27 bits per heavy atom. The highest BCUT2D eigenvalue weighted by Gasteiger charge is 2.71. The molecule has 3 heterocycles. The average Bonchev–Trinajstić information content (AvgIpc) is 3.55. The van der Waals surface area contributed by atoms with Crippen molar-refractivity contribution in [1.82, 2.24) is 4.90 Å². The number of ketones is 2. The predicted molar refractivity (Wildman–Crippen MR) is 165 cm³/mol. The number of anilines is 1. The number of hydrogen-bond acceptors (Lipinski definition) is 7. The maximum absolute atomic E-state index is 15.1. The Bertz CT molecular complexity index is 1870. The highest BCUT2D eigenvalue weighted by molar-refractivity contribution is 6.17. The lowest BCUT2D eigenvalue weighted by atomic mass is 9.62. The van der Waals surface area contributed by atoms with Gasteiger partial charge >= 0.3 is 0 Å². The summed E-state index contributed by atoms with van der Waals surface area (Å²) in [6.07, 6.45) is 3.77. The molecule has 0 saturated carbocycles. The molecule has 8 heteroatoms. The number of carbonyl (C=O) groups excluding carboxylic acids is 3. The number of Topliss-reactive ketones (excluding diaryl/α,β-unsaturated/α-hetero) is 2. The standard InChI is InChI=1S/C36H30N2O6/c1-42-22-16-17-25(29(20-22)44-3)33(40)31-30(32(39)24-12-6-9-15-28(24)43-2)36(26-13-7-8-14-27(26)37-35(36)41)34-23-11-5-4-10-21(23)18-19-38(31)34/h4-20,30-31,34H,1-3H3,(H,37,41)/t30-,31+,34+,36-/m1/s1. The van der Waals surface area contributed by atoms with Crippen molar-refractivity contribution in [2.24, 2.45) is 5.92 Å². The van der Waals surface area contributed by atoms with Crippen molar-refractivity contribution < 1.29 is 28.6 Å². The van der Waals surface area contributed by atoms with E-state index in [-0.39, 0.29) is 23.0 Å². The smallest absolute Gasteiger partial charge is 0.238 e. The van der Waals surface area contributed by atoms with Gasteiger partial charge in [-0.15, -0.1) is 0 Å². The molecule has 1 spiro atoms. The summed E-state index contributed by atoms with van der Waals surface area (Å²) in [5.41, 5.74) is 2.21. The van der Waals surface area contributed by atoms with Gasteiger partial charge in [0.15, 0.2) is 11.6 Å². The first-order chi connectivity index (χ1) is 21.4. The molecule has 44 heavy (non-hydrogen) atoms. The number of ether oxygens (including phenoxy) is 3. The zero-order chi connectivity index (χ0) is 30.6. The predicted octanol–water partition coefficient (Wildman–Crippen LogP) is 5.69. The first-order valence-electron chi connectivity index (χ1n) is 14.3. The van der Waals surface area contributed by atoms with E-state index in [0.29, 0.717) is 34.1 Å². The van der Waals surface area contributed by atoms with Gasteiger partial charge in [-0.1, -0.05) is 54.6 Å². The highest BCUT2D eigenvalue weighted by Crippen LogP contribution is 2.62. The van der Waals surface area contributed by atoms with Crippen LogP contribution in [0.2, 0.25) is 0 Å². The summed E-state index contributed by atoms with van der Waals surface area (Å²) in [7, 11) is 4.52. The van der Waals surface area contributed by atoms with Crippen molar-refractivity contribution in [3.05, 3.63) is 125 Å². The summed E-state index contributed by atoms with van der Waals surface area (Å²) in [5, 5.41) is 3.07. The van der Waals surface area contributed by atoms with E-state index in [1.807, 2.05) is 65.7 Å². The van der Waals surface area contributed by atoms with Crippen LogP contribution >= 0.6 is 0 Å². The number of nitrogens with one attached hydrogen (secondary N) is 1. The second-order valence-corrected chi connectivity index (χ2v) is 11.1. The molecular weight excluding hydrogens is 556 g/mol. The van der Waals surface area contributed by atoms with Crippen molar-refractivity contribution in [2.75, 3.05) is 26.6 Å². The van der Waals surface area contributed by atoms with Crippen LogP contribution in [0.25, 0.3) is 6.08 Å². The number of methoxy groups -OCH3 is 3. The van der Waals surface area contributed by atoms with Gasteiger partial charge in [-0.3, -0.25) is 14.4 Å². The molecule has 3 aliphatic heterocycles. The molecule has 220 valence electrons. The van der Waals surface area contributed by atoms with Crippen LogP contribution in [0.1, 0.15) is 43.4 Å². The Morgan fingerprint density at radius 1 is 0.773 bits per heavy atom. The fourth-order valence-corrected chi connectivity index (χ4v) is 7.34. The van der Waals surface area contributed by atoms with E-state index in [1.54, 1.807) is 42.5 Å². The molecular formula is C36H30N2O6. The van der Waals surface area contributed by atoms with E-state index in [4.69, 9.17) is 14.2 Å². The first-order valence-corrected chi connectivity index (χ1v) is 14.3. The second kappa shape index (κ2) is 10.4. The Morgan fingerprint density at radius 2 is 1.48 bits per heavy atom. The molecule has 0 unspecified atom stereocenters. The van der Waals surface area contributed by atoms with Gasteiger partial charge in [0, 0.05) is 18.0 Å². The van der Waals surface area contributed by atoms with E-state index in [1.165, 1.54) is 21.3 Å². The van der Waals surface area contributed by atoms with E-state index < -0.39 is 23.4 Å². The van der Waals surface area contributed by atoms with Gasteiger partial charge in [0.1, 0.15) is 28.7 Å². The Hall–Kier alpha value is -5.37. The Labute approximate surface area is 254 Å². The number of nitrogens with zero attached hydrogens (tertiary/aromatic N) is 1. The largest absolute Gasteiger partial charge is 0.497 e. The van der Waals surface area contributed by atoms with E-state index in [9.17, 15) is 9.59 Å². The molecule has 0 aliphatic carbocycles. The summed E-state index contributed by atoms with van der Waals surface area (Å²) in [5.74, 6) is -0.967. The number of fused-ring (bicyclic) bond motifs is 6.